The molecule has 0 bridgehead atoms. The minimum Gasteiger partial charge on any atom is -0.493 e. The van der Waals surface area contributed by atoms with Crippen molar-refractivity contribution in [3.63, 3.8) is 0 Å². The Kier molecular flexibility index (Phi) is 2.78. The zero-order valence-electron chi connectivity index (χ0n) is 11.1. The Morgan fingerprint density at radius 3 is 2.61 bits per heavy atom. The minimum atomic E-state index is 0.551. The average Bonchev–Trinajstić information content (AvgIpc) is 2.86. The van der Waals surface area contributed by atoms with E-state index in [0.717, 1.165) is 31.1 Å². The highest BCUT2D eigenvalue weighted by Gasteiger charge is 2.30. The number of allylic oxidation sites excluding steroid dienone is 1. The van der Waals surface area contributed by atoms with Crippen LogP contribution in [0.15, 0.2) is 17.7 Å². The van der Waals surface area contributed by atoms with Gasteiger partial charge in [0.25, 0.3) is 0 Å². The number of rotatable bonds is 2. The molecule has 0 amide bonds. The molecule has 3 heteroatoms. The van der Waals surface area contributed by atoms with Gasteiger partial charge in [-0.1, -0.05) is 0 Å². The molecule has 0 saturated carbocycles. The van der Waals surface area contributed by atoms with Gasteiger partial charge < -0.3 is 14.2 Å². The summed E-state index contributed by atoms with van der Waals surface area (Å²) >= 11 is 0. The molecule has 3 nitrogen and oxygen atoms in total. The fourth-order valence-corrected chi connectivity index (χ4v) is 3.00. The van der Waals surface area contributed by atoms with Crippen LogP contribution in [0.25, 0.3) is 5.57 Å². The minimum absolute atomic E-state index is 0.551. The van der Waals surface area contributed by atoms with Crippen LogP contribution in [0.1, 0.15) is 18.1 Å². The molecule has 1 aliphatic heterocycles. The topological polar surface area (TPSA) is 27.7 Å². The van der Waals surface area contributed by atoms with E-state index in [0.29, 0.717) is 5.92 Å². The molecule has 0 aromatic heterocycles. The molecule has 1 saturated heterocycles. The molecule has 96 valence electrons. The first-order chi connectivity index (χ1) is 8.74. The smallest absolute Gasteiger partial charge is 0.161 e. The van der Waals surface area contributed by atoms with Gasteiger partial charge in [0.05, 0.1) is 27.4 Å². The number of ether oxygens (including phenoxy) is 3. The average molecular weight is 246 g/mol. The van der Waals surface area contributed by atoms with E-state index in [-0.39, 0.29) is 0 Å². The second-order valence-corrected chi connectivity index (χ2v) is 4.93. The highest BCUT2D eigenvalue weighted by Crippen LogP contribution is 2.42. The summed E-state index contributed by atoms with van der Waals surface area (Å²) in [4.78, 5) is 0. The second-order valence-electron chi connectivity index (χ2n) is 4.93. The zero-order valence-corrected chi connectivity index (χ0v) is 11.1. The van der Waals surface area contributed by atoms with Gasteiger partial charge in [-0.05, 0) is 47.8 Å². The van der Waals surface area contributed by atoms with Crippen molar-refractivity contribution in [1.82, 2.24) is 0 Å². The summed E-state index contributed by atoms with van der Waals surface area (Å²) in [6.45, 7) is 3.81. The van der Waals surface area contributed by atoms with Crippen LogP contribution in [0.4, 0.5) is 0 Å². The fraction of sp³-hybridized carbons (Fsp3) is 0.467. The fourth-order valence-electron chi connectivity index (χ4n) is 3.00. The molecular formula is C15H18O3. The Hall–Kier alpha value is -1.48. The van der Waals surface area contributed by atoms with Gasteiger partial charge in [-0.15, -0.1) is 0 Å². The van der Waals surface area contributed by atoms with Crippen LogP contribution in [-0.2, 0) is 11.2 Å². The molecule has 1 fully saturated rings. The largest absolute Gasteiger partial charge is 0.493 e. The van der Waals surface area contributed by atoms with Gasteiger partial charge in [-0.25, -0.2) is 0 Å². The number of hydrogen-bond donors (Lipinski definition) is 0. The summed E-state index contributed by atoms with van der Waals surface area (Å²) in [5.41, 5.74) is 5.42. The van der Waals surface area contributed by atoms with Gasteiger partial charge in [0.2, 0.25) is 0 Å². The lowest BCUT2D eigenvalue weighted by Crippen LogP contribution is -2.14. The molecular weight excluding hydrogens is 228 g/mol. The van der Waals surface area contributed by atoms with E-state index < -0.39 is 0 Å². The normalized spacial score (nSPS) is 21.6. The van der Waals surface area contributed by atoms with Gasteiger partial charge in [0.15, 0.2) is 11.5 Å². The van der Waals surface area contributed by atoms with Crippen LogP contribution < -0.4 is 9.47 Å². The van der Waals surface area contributed by atoms with Crippen LogP contribution in [0.3, 0.4) is 0 Å². The van der Waals surface area contributed by atoms with Gasteiger partial charge in [0.1, 0.15) is 0 Å². The van der Waals surface area contributed by atoms with Crippen LogP contribution in [0.2, 0.25) is 0 Å². The van der Waals surface area contributed by atoms with Crippen molar-refractivity contribution >= 4 is 5.57 Å². The first kappa shape index (κ1) is 11.6. The lowest BCUT2D eigenvalue weighted by atomic mass is 9.80. The molecule has 1 atom stereocenters. The summed E-state index contributed by atoms with van der Waals surface area (Å²) in [6, 6.07) is 4.19. The van der Waals surface area contributed by atoms with Crippen LogP contribution >= 0.6 is 0 Å². The lowest BCUT2D eigenvalue weighted by molar-refractivity contribution is 0.188. The predicted molar refractivity (Wildman–Crippen MR) is 70.2 cm³/mol. The highest BCUT2D eigenvalue weighted by molar-refractivity contribution is 5.75. The Balaban J connectivity index is 2.14. The third-order valence-corrected chi connectivity index (χ3v) is 4.03. The predicted octanol–water partition coefficient (Wildman–Crippen LogP) is 2.68. The maximum absolute atomic E-state index is 5.59. The van der Waals surface area contributed by atoms with Crippen LogP contribution in [0.5, 0.6) is 11.5 Å². The molecule has 2 aliphatic rings. The van der Waals surface area contributed by atoms with E-state index in [4.69, 9.17) is 14.2 Å². The standard InChI is InChI=1S/C15H18O3/c1-9-12-6-15(17-3)14(16-2)5-10(12)4-11-7-18-8-13(9)11/h5-6,11H,4,7-8H2,1-3H3/t11-/m0/s1. The molecule has 1 aromatic carbocycles. The van der Waals surface area contributed by atoms with Crippen LogP contribution in [-0.4, -0.2) is 27.4 Å². The van der Waals surface area contributed by atoms with Gasteiger partial charge >= 0.3 is 0 Å². The van der Waals surface area contributed by atoms with Gasteiger partial charge in [-0.2, -0.15) is 0 Å². The Morgan fingerprint density at radius 2 is 1.89 bits per heavy atom. The molecule has 1 aromatic rings. The molecule has 0 spiro atoms. The van der Waals surface area contributed by atoms with Gasteiger partial charge in [0, 0.05) is 5.92 Å². The summed E-state index contributed by atoms with van der Waals surface area (Å²) in [7, 11) is 3.36. The summed E-state index contributed by atoms with van der Waals surface area (Å²) in [6.07, 6.45) is 1.04. The molecule has 1 heterocycles. The quantitative estimate of drug-likeness (QED) is 0.803. The summed E-state index contributed by atoms with van der Waals surface area (Å²) in [5, 5.41) is 0. The van der Waals surface area contributed by atoms with Crippen molar-refractivity contribution in [3.8, 4) is 11.5 Å². The van der Waals surface area contributed by atoms with E-state index in [9.17, 15) is 0 Å². The number of benzene rings is 1. The summed E-state index contributed by atoms with van der Waals surface area (Å²) in [5.74, 6) is 2.16. The van der Waals surface area contributed by atoms with Crippen molar-refractivity contribution in [1.29, 1.82) is 0 Å². The highest BCUT2D eigenvalue weighted by atomic mass is 16.5. The third-order valence-electron chi connectivity index (χ3n) is 4.03. The van der Waals surface area contributed by atoms with E-state index >= 15 is 0 Å². The first-order valence-electron chi connectivity index (χ1n) is 6.27. The number of hydrogen-bond acceptors (Lipinski definition) is 3. The third kappa shape index (κ3) is 1.62. The van der Waals surface area contributed by atoms with E-state index in [1.807, 2.05) is 0 Å². The van der Waals surface area contributed by atoms with Gasteiger partial charge in [-0.3, -0.25) is 0 Å². The van der Waals surface area contributed by atoms with Crippen molar-refractivity contribution in [2.75, 3.05) is 27.4 Å². The molecule has 0 radical (unpaired) electrons. The zero-order chi connectivity index (χ0) is 12.7. The number of methoxy groups -OCH3 is 2. The first-order valence-corrected chi connectivity index (χ1v) is 6.27. The Morgan fingerprint density at radius 1 is 1.17 bits per heavy atom. The van der Waals surface area contributed by atoms with Crippen molar-refractivity contribution < 1.29 is 14.2 Å². The van der Waals surface area contributed by atoms with Crippen molar-refractivity contribution in [2.24, 2.45) is 5.92 Å². The maximum Gasteiger partial charge on any atom is 0.161 e. The summed E-state index contributed by atoms with van der Waals surface area (Å²) < 4.78 is 16.3. The Bertz CT molecular complexity index is 517. The molecule has 0 N–H and O–H groups in total. The Labute approximate surface area is 107 Å². The second kappa shape index (κ2) is 4.32. The molecule has 18 heavy (non-hydrogen) atoms. The maximum atomic E-state index is 5.59. The molecule has 0 unspecified atom stereocenters. The van der Waals surface area contributed by atoms with Crippen LogP contribution in [0, 0.1) is 5.92 Å². The lowest BCUT2D eigenvalue weighted by Gasteiger charge is -2.24. The molecule has 3 rings (SSSR count). The van der Waals surface area contributed by atoms with E-state index in [1.54, 1.807) is 14.2 Å². The van der Waals surface area contributed by atoms with Crippen molar-refractivity contribution in [3.05, 3.63) is 28.8 Å². The monoisotopic (exact) mass is 246 g/mol. The van der Waals surface area contributed by atoms with E-state index in [2.05, 4.69) is 19.1 Å². The SMILES string of the molecule is COc1cc2c(cc1OC)C(C)=C1COC[C@@H]1C2. The van der Waals surface area contributed by atoms with E-state index in [1.165, 1.54) is 22.3 Å². The number of fused-ring (bicyclic) bond motifs is 2. The van der Waals surface area contributed by atoms with Crippen molar-refractivity contribution in [2.45, 2.75) is 13.3 Å². The molecule has 1 aliphatic carbocycles.